The molecule has 130 valence electrons. The number of fused-ring (bicyclic) bond motifs is 1. The summed E-state index contributed by atoms with van der Waals surface area (Å²) < 4.78 is 5.65. The van der Waals surface area contributed by atoms with Gasteiger partial charge in [-0.05, 0) is 25.5 Å². The molecule has 2 aromatic rings. The summed E-state index contributed by atoms with van der Waals surface area (Å²) in [6, 6.07) is 5.41. The van der Waals surface area contributed by atoms with Gasteiger partial charge in [-0.3, -0.25) is 4.79 Å². The van der Waals surface area contributed by atoms with Crippen molar-refractivity contribution in [2.45, 2.75) is 25.4 Å². The lowest BCUT2D eigenvalue weighted by Gasteiger charge is -2.22. The predicted molar refractivity (Wildman–Crippen MR) is 89.2 cm³/mol. The number of hydrogen-bond donors (Lipinski definition) is 0. The Morgan fingerprint density at radius 3 is 3.00 bits per heavy atom. The minimum absolute atomic E-state index is 0.0126. The standard InChI is InChI=1S/C18H16N6O2/c1-11-14-3-5-24(15(14)9-23(11)10-20)18(25)17-22-8-16(26-17)12-2-4-21-13(6-12)7-19/h2,4,6,8,11,14-15H,3,5,9H2,1H3/t11-,14-,15-/m1/s1. The van der Waals surface area contributed by atoms with E-state index in [-0.39, 0.29) is 29.6 Å². The Kier molecular flexibility index (Phi) is 3.81. The monoisotopic (exact) mass is 348 g/mol. The average molecular weight is 348 g/mol. The normalized spacial score (nSPS) is 24.2. The van der Waals surface area contributed by atoms with E-state index >= 15 is 0 Å². The molecule has 0 unspecified atom stereocenters. The Balaban J connectivity index is 1.56. The second kappa shape index (κ2) is 6.16. The van der Waals surface area contributed by atoms with Crippen molar-refractivity contribution in [2.24, 2.45) is 5.92 Å². The van der Waals surface area contributed by atoms with Crippen LogP contribution >= 0.6 is 0 Å². The summed E-state index contributed by atoms with van der Waals surface area (Å²) in [6.07, 6.45) is 6.07. The SMILES string of the molecule is C[C@@H]1[C@H]2CCN(C(=O)c3ncc(-c4ccnc(C#N)c4)o3)[C@@H]2CN1C#N. The molecule has 1 amide bonds. The highest BCUT2D eigenvalue weighted by Gasteiger charge is 2.48. The van der Waals surface area contributed by atoms with Crippen molar-refractivity contribution in [3.8, 4) is 23.6 Å². The van der Waals surface area contributed by atoms with Crippen molar-refractivity contribution in [3.63, 3.8) is 0 Å². The molecular weight excluding hydrogens is 332 g/mol. The second-order valence-electron chi connectivity index (χ2n) is 6.58. The molecule has 8 heteroatoms. The van der Waals surface area contributed by atoms with Crippen LogP contribution in [0.5, 0.6) is 0 Å². The predicted octanol–water partition coefficient (Wildman–Crippen LogP) is 1.62. The fraction of sp³-hybridized carbons (Fsp3) is 0.389. The third-order valence-electron chi connectivity index (χ3n) is 5.33. The second-order valence-corrected chi connectivity index (χ2v) is 6.58. The summed E-state index contributed by atoms with van der Waals surface area (Å²) in [5.74, 6) is 0.484. The number of carbonyl (C=O) groups is 1. The smallest absolute Gasteiger partial charge is 0.310 e. The first kappa shape index (κ1) is 16.1. The van der Waals surface area contributed by atoms with Gasteiger partial charge in [-0.1, -0.05) is 0 Å². The maximum Gasteiger partial charge on any atom is 0.310 e. The molecule has 2 aliphatic heterocycles. The number of nitriles is 2. The van der Waals surface area contributed by atoms with Gasteiger partial charge >= 0.3 is 5.91 Å². The number of hydrogen-bond acceptors (Lipinski definition) is 7. The van der Waals surface area contributed by atoms with E-state index < -0.39 is 0 Å². The first-order valence-corrected chi connectivity index (χ1v) is 8.42. The molecule has 8 nitrogen and oxygen atoms in total. The van der Waals surface area contributed by atoms with Crippen LogP contribution in [0.2, 0.25) is 0 Å². The van der Waals surface area contributed by atoms with Crippen LogP contribution in [0.4, 0.5) is 0 Å². The fourth-order valence-corrected chi connectivity index (χ4v) is 3.93. The highest BCUT2D eigenvalue weighted by atomic mass is 16.4. The van der Waals surface area contributed by atoms with Crippen molar-refractivity contribution in [1.29, 1.82) is 10.5 Å². The van der Waals surface area contributed by atoms with Gasteiger partial charge in [0.05, 0.1) is 12.2 Å². The van der Waals surface area contributed by atoms with Gasteiger partial charge in [-0.25, -0.2) is 9.97 Å². The highest BCUT2D eigenvalue weighted by Crippen LogP contribution is 2.36. The molecule has 0 radical (unpaired) electrons. The minimum atomic E-state index is -0.259. The molecule has 0 N–H and O–H groups in total. The van der Waals surface area contributed by atoms with Crippen LogP contribution in [0.15, 0.2) is 28.9 Å². The number of rotatable bonds is 2. The van der Waals surface area contributed by atoms with Gasteiger partial charge in [0, 0.05) is 36.8 Å². The molecule has 0 saturated carbocycles. The molecule has 4 rings (SSSR count). The first-order valence-electron chi connectivity index (χ1n) is 8.42. The van der Waals surface area contributed by atoms with E-state index in [9.17, 15) is 10.1 Å². The zero-order valence-electron chi connectivity index (χ0n) is 14.2. The number of amides is 1. The third-order valence-corrected chi connectivity index (χ3v) is 5.33. The van der Waals surface area contributed by atoms with Crippen molar-refractivity contribution in [1.82, 2.24) is 19.8 Å². The van der Waals surface area contributed by atoms with E-state index in [2.05, 4.69) is 16.2 Å². The Bertz CT molecular complexity index is 940. The lowest BCUT2D eigenvalue weighted by atomic mass is 9.98. The summed E-state index contributed by atoms with van der Waals surface area (Å²) in [4.78, 5) is 24.4. The van der Waals surface area contributed by atoms with Crippen LogP contribution in [-0.4, -0.2) is 50.8 Å². The van der Waals surface area contributed by atoms with Crippen LogP contribution < -0.4 is 0 Å². The number of nitrogens with zero attached hydrogens (tertiary/aromatic N) is 6. The lowest BCUT2D eigenvalue weighted by Crippen LogP contribution is -2.39. The van der Waals surface area contributed by atoms with Crippen LogP contribution in [0.1, 0.15) is 29.7 Å². The van der Waals surface area contributed by atoms with Crippen LogP contribution in [-0.2, 0) is 0 Å². The molecule has 2 saturated heterocycles. The number of likely N-dealkylation sites (tertiary alicyclic amines) is 2. The summed E-state index contributed by atoms with van der Waals surface area (Å²) in [5.41, 5.74) is 0.915. The maximum absolute atomic E-state index is 12.9. The molecule has 2 aromatic heterocycles. The van der Waals surface area contributed by atoms with Crippen molar-refractivity contribution in [3.05, 3.63) is 36.1 Å². The van der Waals surface area contributed by atoms with Gasteiger partial charge in [0.1, 0.15) is 11.8 Å². The highest BCUT2D eigenvalue weighted by molar-refractivity contribution is 5.90. The van der Waals surface area contributed by atoms with Gasteiger partial charge < -0.3 is 14.2 Å². The van der Waals surface area contributed by atoms with Gasteiger partial charge in [0.2, 0.25) is 0 Å². The van der Waals surface area contributed by atoms with E-state index in [0.717, 1.165) is 6.42 Å². The molecule has 2 fully saturated rings. The van der Waals surface area contributed by atoms with Crippen LogP contribution in [0.25, 0.3) is 11.3 Å². The summed E-state index contributed by atoms with van der Waals surface area (Å²) >= 11 is 0. The Hall–Kier alpha value is -3.39. The van der Waals surface area contributed by atoms with Crippen molar-refractivity contribution < 1.29 is 9.21 Å². The van der Waals surface area contributed by atoms with E-state index in [0.29, 0.717) is 30.3 Å². The third kappa shape index (κ3) is 2.47. The van der Waals surface area contributed by atoms with Gasteiger partial charge in [-0.2, -0.15) is 10.5 Å². The summed E-state index contributed by atoms with van der Waals surface area (Å²) in [7, 11) is 0. The molecule has 4 heterocycles. The number of carbonyl (C=O) groups excluding carboxylic acids is 1. The largest absolute Gasteiger partial charge is 0.432 e. The Morgan fingerprint density at radius 2 is 2.23 bits per heavy atom. The fourth-order valence-electron chi connectivity index (χ4n) is 3.93. The van der Waals surface area contributed by atoms with E-state index in [4.69, 9.17) is 9.68 Å². The first-order chi connectivity index (χ1) is 12.6. The lowest BCUT2D eigenvalue weighted by molar-refractivity contribution is 0.0692. The zero-order chi connectivity index (χ0) is 18.3. The molecule has 2 aliphatic rings. The average Bonchev–Trinajstić information content (AvgIpc) is 3.38. The van der Waals surface area contributed by atoms with E-state index in [1.54, 1.807) is 21.9 Å². The minimum Gasteiger partial charge on any atom is -0.432 e. The van der Waals surface area contributed by atoms with Gasteiger partial charge in [0.15, 0.2) is 12.0 Å². The van der Waals surface area contributed by atoms with Crippen LogP contribution in [0, 0.1) is 28.7 Å². The molecule has 0 spiro atoms. The van der Waals surface area contributed by atoms with Crippen molar-refractivity contribution >= 4 is 5.91 Å². The number of aromatic nitrogens is 2. The Labute approximate surface area is 150 Å². The van der Waals surface area contributed by atoms with Gasteiger partial charge in [-0.15, -0.1) is 0 Å². The zero-order valence-corrected chi connectivity index (χ0v) is 14.2. The number of oxazole rings is 1. The molecule has 26 heavy (non-hydrogen) atoms. The van der Waals surface area contributed by atoms with Gasteiger partial charge in [0.25, 0.3) is 5.89 Å². The molecular formula is C18H16N6O2. The number of pyridine rings is 1. The van der Waals surface area contributed by atoms with Crippen molar-refractivity contribution in [2.75, 3.05) is 13.1 Å². The van der Waals surface area contributed by atoms with Crippen LogP contribution in [0.3, 0.4) is 0 Å². The summed E-state index contributed by atoms with van der Waals surface area (Å²) in [6.45, 7) is 3.22. The maximum atomic E-state index is 12.9. The Morgan fingerprint density at radius 1 is 1.38 bits per heavy atom. The quantitative estimate of drug-likeness (QED) is 0.758. The molecule has 0 aromatic carbocycles. The van der Waals surface area contributed by atoms with E-state index in [1.807, 2.05) is 13.0 Å². The topological polar surface area (TPSA) is 110 Å². The summed E-state index contributed by atoms with van der Waals surface area (Å²) in [5, 5.41) is 18.2. The molecule has 3 atom stereocenters. The van der Waals surface area contributed by atoms with E-state index in [1.165, 1.54) is 12.4 Å². The molecule has 0 aliphatic carbocycles. The molecule has 0 bridgehead atoms.